The highest BCUT2D eigenvalue weighted by molar-refractivity contribution is 5.90. The van der Waals surface area contributed by atoms with E-state index in [0.29, 0.717) is 12.0 Å². The predicted octanol–water partition coefficient (Wildman–Crippen LogP) is 3.02. The first kappa shape index (κ1) is 10.0. The molecule has 0 amide bonds. The Morgan fingerprint density at radius 2 is 2.07 bits per heavy atom. The van der Waals surface area contributed by atoms with Crippen molar-refractivity contribution in [3.8, 4) is 0 Å². The fourth-order valence-electron chi connectivity index (χ4n) is 1.51. The SMILES string of the molecule is CC(C)C(C)Nc1cccc2[nH]ncc12. The Bertz CT molecular complexity index is 445. The molecule has 0 spiro atoms. The van der Waals surface area contributed by atoms with E-state index < -0.39 is 0 Å². The zero-order chi connectivity index (χ0) is 10.8. The van der Waals surface area contributed by atoms with Crippen LogP contribution in [0.5, 0.6) is 0 Å². The van der Waals surface area contributed by atoms with E-state index in [1.165, 1.54) is 0 Å². The molecule has 1 atom stereocenters. The number of benzene rings is 1. The molecule has 0 aliphatic rings. The van der Waals surface area contributed by atoms with Crippen LogP contribution < -0.4 is 5.32 Å². The summed E-state index contributed by atoms with van der Waals surface area (Å²) in [6.07, 6.45) is 1.87. The molecule has 1 aromatic carbocycles. The molecule has 0 radical (unpaired) electrons. The minimum absolute atomic E-state index is 0.463. The second-order valence-corrected chi connectivity index (χ2v) is 4.31. The zero-order valence-electron chi connectivity index (χ0n) is 9.41. The van der Waals surface area contributed by atoms with Crippen LogP contribution in [0.1, 0.15) is 20.8 Å². The maximum absolute atomic E-state index is 4.05. The third-order valence-electron chi connectivity index (χ3n) is 2.87. The molecule has 1 heterocycles. The van der Waals surface area contributed by atoms with E-state index in [0.717, 1.165) is 16.6 Å². The van der Waals surface area contributed by atoms with Crippen LogP contribution in [-0.2, 0) is 0 Å². The van der Waals surface area contributed by atoms with Gasteiger partial charge in [0.05, 0.1) is 11.7 Å². The maximum atomic E-state index is 4.05. The number of nitrogens with one attached hydrogen (secondary N) is 2. The van der Waals surface area contributed by atoms with E-state index in [2.05, 4.69) is 42.4 Å². The van der Waals surface area contributed by atoms with Gasteiger partial charge < -0.3 is 5.32 Å². The van der Waals surface area contributed by atoms with Crippen molar-refractivity contribution in [2.45, 2.75) is 26.8 Å². The molecule has 1 unspecified atom stereocenters. The second kappa shape index (κ2) is 3.93. The molecule has 15 heavy (non-hydrogen) atoms. The van der Waals surface area contributed by atoms with Gasteiger partial charge in [-0.1, -0.05) is 19.9 Å². The summed E-state index contributed by atoms with van der Waals surface area (Å²) in [4.78, 5) is 0. The van der Waals surface area contributed by atoms with E-state index >= 15 is 0 Å². The third-order valence-corrected chi connectivity index (χ3v) is 2.87. The number of hydrogen-bond acceptors (Lipinski definition) is 2. The fourth-order valence-corrected chi connectivity index (χ4v) is 1.51. The molecule has 2 N–H and O–H groups in total. The van der Waals surface area contributed by atoms with Gasteiger partial charge in [0.25, 0.3) is 0 Å². The average molecular weight is 203 g/mol. The molecular weight excluding hydrogens is 186 g/mol. The third kappa shape index (κ3) is 1.96. The highest BCUT2D eigenvalue weighted by Gasteiger charge is 2.08. The molecule has 0 bridgehead atoms. The van der Waals surface area contributed by atoms with Crippen LogP contribution in [0.3, 0.4) is 0 Å². The van der Waals surface area contributed by atoms with Crippen molar-refractivity contribution in [2.24, 2.45) is 5.92 Å². The topological polar surface area (TPSA) is 40.7 Å². The van der Waals surface area contributed by atoms with Crippen molar-refractivity contribution in [3.63, 3.8) is 0 Å². The molecule has 3 nitrogen and oxygen atoms in total. The number of hydrogen-bond donors (Lipinski definition) is 2. The van der Waals surface area contributed by atoms with Crippen LogP contribution in [0.15, 0.2) is 24.4 Å². The van der Waals surface area contributed by atoms with Gasteiger partial charge in [-0.15, -0.1) is 0 Å². The van der Waals surface area contributed by atoms with E-state index in [1.807, 2.05) is 18.3 Å². The summed E-state index contributed by atoms with van der Waals surface area (Å²) in [5.74, 6) is 0.618. The minimum atomic E-state index is 0.463. The highest BCUT2D eigenvalue weighted by atomic mass is 15.1. The number of nitrogens with zero attached hydrogens (tertiary/aromatic N) is 1. The Balaban J connectivity index is 2.31. The lowest BCUT2D eigenvalue weighted by atomic mass is 10.1. The molecule has 0 saturated carbocycles. The van der Waals surface area contributed by atoms with Crippen molar-refractivity contribution < 1.29 is 0 Å². The Morgan fingerprint density at radius 1 is 1.27 bits per heavy atom. The maximum Gasteiger partial charge on any atom is 0.0671 e. The van der Waals surface area contributed by atoms with Gasteiger partial charge in [0.1, 0.15) is 0 Å². The molecule has 0 fully saturated rings. The smallest absolute Gasteiger partial charge is 0.0671 e. The van der Waals surface area contributed by atoms with Gasteiger partial charge in [-0.25, -0.2) is 0 Å². The van der Waals surface area contributed by atoms with Crippen molar-refractivity contribution in [1.82, 2.24) is 10.2 Å². The first-order valence-corrected chi connectivity index (χ1v) is 5.37. The first-order valence-electron chi connectivity index (χ1n) is 5.37. The minimum Gasteiger partial charge on any atom is -0.382 e. The molecule has 0 aliphatic heterocycles. The van der Waals surface area contributed by atoms with Gasteiger partial charge in [0, 0.05) is 17.1 Å². The highest BCUT2D eigenvalue weighted by Crippen LogP contribution is 2.22. The van der Waals surface area contributed by atoms with E-state index in [4.69, 9.17) is 0 Å². The summed E-state index contributed by atoms with van der Waals surface area (Å²) < 4.78 is 0. The number of fused-ring (bicyclic) bond motifs is 1. The normalized spacial score (nSPS) is 13.3. The van der Waals surface area contributed by atoms with Gasteiger partial charge in [0.2, 0.25) is 0 Å². The number of H-pyrrole nitrogens is 1. The van der Waals surface area contributed by atoms with Crippen molar-refractivity contribution in [2.75, 3.05) is 5.32 Å². The molecule has 2 aromatic rings. The number of aromatic amines is 1. The van der Waals surface area contributed by atoms with Gasteiger partial charge in [-0.2, -0.15) is 5.10 Å². The lowest BCUT2D eigenvalue weighted by molar-refractivity contribution is 0.560. The average Bonchev–Trinajstić information content (AvgIpc) is 2.66. The summed E-state index contributed by atoms with van der Waals surface area (Å²) in [5.41, 5.74) is 2.23. The van der Waals surface area contributed by atoms with Crippen LogP contribution in [0.25, 0.3) is 10.9 Å². The van der Waals surface area contributed by atoms with Crippen LogP contribution in [0.2, 0.25) is 0 Å². The number of anilines is 1. The van der Waals surface area contributed by atoms with Crippen LogP contribution in [-0.4, -0.2) is 16.2 Å². The van der Waals surface area contributed by atoms with E-state index in [1.54, 1.807) is 0 Å². The van der Waals surface area contributed by atoms with Crippen molar-refractivity contribution in [3.05, 3.63) is 24.4 Å². The van der Waals surface area contributed by atoms with E-state index in [9.17, 15) is 0 Å². The Labute approximate surface area is 89.9 Å². The molecular formula is C12H17N3. The quantitative estimate of drug-likeness (QED) is 0.805. The van der Waals surface area contributed by atoms with E-state index in [-0.39, 0.29) is 0 Å². The van der Waals surface area contributed by atoms with Crippen LogP contribution in [0.4, 0.5) is 5.69 Å². The monoisotopic (exact) mass is 203 g/mol. The van der Waals surface area contributed by atoms with Crippen LogP contribution >= 0.6 is 0 Å². The summed E-state index contributed by atoms with van der Waals surface area (Å²) in [6, 6.07) is 6.63. The van der Waals surface area contributed by atoms with Gasteiger partial charge in [-0.3, -0.25) is 5.10 Å². The summed E-state index contributed by atoms with van der Waals surface area (Å²) in [5, 5.41) is 11.7. The Morgan fingerprint density at radius 3 is 2.80 bits per heavy atom. The zero-order valence-corrected chi connectivity index (χ0v) is 9.41. The molecule has 0 aliphatic carbocycles. The molecule has 80 valence electrons. The number of aromatic nitrogens is 2. The van der Waals surface area contributed by atoms with Gasteiger partial charge in [-0.05, 0) is 25.0 Å². The van der Waals surface area contributed by atoms with Gasteiger partial charge in [0.15, 0.2) is 0 Å². The molecule has 2 rings (SSSR count). The lowest BCUT2D eigenvalue weighted by Crippen LogP contribution is -2.21. The summed E-state index contributed by atoms with van der Waals surface area (Å²) in [7, 11) is 0. The fraction of sp³-hybridized carbons (Fsp3) is 0.417. The lowest BCUT2D eigenvalue weighted by Gasteiger charge is -2.19. The Hall–Kier alpha value is -1.51. The van der Waals surface area contributed by atoms with Crippen LogP contribution in [0, 0.1) is 5.92 Å². The molecule has 3 heteroatoms. The number of rotatable bonds is 3. The largest absolute Gasteiger partial charge is 0.382 e. The molecule has 1 aromatic heterocycles. The van der Waals surface area contributed by atoms with Crippen molar-refractivity contribution in [1.29, 1.82) is 0 Å². The molecule has 0 saturated heterocycles. The Kier molecular flexibility index (Phi) is 2.62. The summed E-state index contributed by atoms with van der Waals surface area (Å²) >= 11 is 0. The standard InChI is InChI=1S/C12H17N3/c1-8(2)9(3)14-11-5-4-6-12-10(11)7-13-15-12/h4-9,14H,1-3H3,(H,13,15). The second-order valence-electron chi connectivity index (χ2n) is 4.31. The van der Waals surface area contributed by atoms with Crippen molar-refractivity contribution >= 4 is 16.6 Å². The predicted molar refractivity (Wildman–Crippen MR) is 64.0 cm³/mol. The summed E-state index contributed by atoms with van der Waals surface area (Å²) in [6.45, 7) is 6.63. The first-order chi connectivity index (χ1) is 7.18. The van der Waals surface area contributed by atoms with Gasteiger partial charge >= 0.3 is 0 Å².